The highest BCUT2D eigenvalue weighted by Gasteiger charge is 2.27. The molecule has 2 aromatic heterocycles. The minimum Gasteiger partial charge on any atom is -0.342 e. The molecule has 1 saturated heterocycles. The Balaban J connectivity index is 1.56. The van der Waals surface area contributed by atoms with Crippen molar-refractivity contribution in [3.05, 3.63) is 30.1 Å². The molecule has 1 amide bonds. The third kappa shape index (κ3) is 3.92. The van der Waals surface area contributed by atoms with Crippen LogP contribution in [0.3, 0.4) is 0 Å². The van der Waals surface area contributed by atoms with Crippen LogP contribution in [0.25, 0.3) is 0 Å². The molecule has 1 fully saturated rings. The lowest BCUT2D eigenvalue weighted by Crippen LogP contribution is -2.42. The highest BCUT2D eigenvalue weighted by molar-refractivity contribution is 8.00. The molecule has 1 aliphatic heterocycles. The maximum atomic E-state index is 12.7. The monoisotopic (exact) mass is 346 g/mol. The number of rotatable bonds is 4. The number of likely N-dealkylation sites (tertiary alicyclic amines) is 1. The van der Waals surface area contributed by atoms with Crippen LogP contribution in [-0.2, 0) is 4.79 Å². The Labute approximate surface area is 145 Å². The van der Waals surface area contributed by atoms with Gasteiger partial charge in [-0.15, -0.1) is 10.2 Å². The maximum absolute atomic E-state index is 12.7. The van der Waals surface area contributed by atoms with Gasteiger partial charge in [0.15, 0.2) is 5.16 Å². The van der Waals surface area contributed by atoms with Gasteiger partial charge in [-0.1, -0.05) is 11.8 Å². The molecule has 1 aliphatic rings. The van der Waals surface area contributed by atoms with Crippen molar-refractivity contribution in [2.75, 3.05) is 13.1 Å². The van der Waals surface area contributed by atoms with E-state index in [1.54, 1.807) is 12.7 Å². The van der Waals surface area contributed by atoms with Crippen molar-refractivity contribution in [3.63, 3.8) is 0 Å². The standard InChI is InChI=1S/C16H22N6OS/c1-11-8-12(2)20-16(19-11)24-13(3)15(23)21-6-4-14(5-7-21)22-9-17-18-10-22/h8-10,13-14H,4-7H2,1-3H3. The molecule has 0 aliphatic carbocycles. The molecular weight excluding hydrogens is 324 g/mol. The smallest absolute Gasteiger partial charge is 0.235 e. The fourth-order valence-corrected chi connectivity index (χ4v) is 3.95. The van der Waals surface area contributed by atoms with Crippen LogP contribution in [0.2, 0.25) is 0 Å². The molecule has 0 aromatic carbocycles. The third-order valence-electron chi connectivity index (χ3n) is 4.23. The Kier molecular flexibility index (Phi) is 5.13. The average molecular weight is 346 g/mol. The van der Waals surface area contributed by atoms with E-state index in [1.165, 1.54) is 11.8 Å². The number of piperidine rings is 1. The Morgan fingerprint density at radius 2 is 1.75 bits per heavy atom. The molecule has 0 radical (unpaired) electrons. The highest BCUT2D eigenvalue weighted by Crippen LogP contribution is 2.26. The summed E-state index contributed by atoms with van der Waals surface area (Å²) in [5.41, 5.74) is 1.86. The molecule has 0 bridgehead atoms. The number of nitrogens with zero attached hydrogens (tertiary/aromatic N) is 6. The van der Waals surface area contributed by atoms with Gasteiger partial charge in [0.1, 0.15) is 12.7 Å². The number of thioether (sulfide) groups is 1. The second-order valence-electron chi connectivity index (χ2n) is 6.16. The van der Waals surface area contributed by atoms with Crippen molar-refractivity contribution in [3.8, 4) is 0 Å². The van der Waals surface area contributed by atoms with Crippen LogP contribution in [0.15, 0.2) is 23.9 Å². The SMILES string of the molecule is Cc1cc(C)nc(SC(C)C(=O)N2CCC(n3cnnc3)CC2)n1. The van der Waals surface area contributed by atoms with Crippen LogP contribution in [0.4, 0.5) is 0 Å². The number of carbonyl (C=O) groups is 1. The molecule has 0 N–H and O–H groups in total. The molecule has 3 heterocycles. The number of hydrogen-bond donors (Lipinski definition) is 0. The van der Waals surface area contributed by atoms with Gasteiger partial charge in [0.25, 0.3) is 0 Å². The molecule has 0 spiro atoms. The zero-order chi connectivity index (χ0) is 17.1. The van der Waals surface area contributed by atoms with E-state index in [-0.39, 0.29) is 11.2 Å². The number of amides is 1. The van der Waals surface area contributed by atoms with E-state index >= 15 is 0 Å². The number of aromatic nitrogens is 5. The van der Waals surface area contributed by atoms with E-state index in [4.69, 9.17) is 0 Å². The van der Waals surface area contributed by atoms with Gasteiger partial charge in [-0.25, -0.2) is 9.97 Å². The summed E-state index contributed by atoms with van der Waals surface area (Å²) in [6, 6.07) is 2.32. The van der Waals surface area contributed by atoms with Crippen molar-refractivity contribution < 1.29 is 4.79 Å². The topological polar surface area (TPSA) is 76.8 Å². The van der Waals surface area contributed by atoms with E-state index < -0.39 is 0 Å². The van der Waals surface area contributed by atoms with Crippen LogP contribution in [-0.4, -0.2) is 53.9 Å². The Morgan fingerprint density at radius 3 is 2.33 bits per heavy atom. The lowest BCUT2D eigenvalue weighted by molar-refractivity contribution is -0.131. The van der Waals surface area contributed by atoms with E-state index in [9.17, 15) is 4.79 Å². The van der Waals surface area contributed by atoms with Crippen LogP contribution in [0.5, 0.6) is 0 Å². The summed E-state index contributed by atoms with van der Waals surface area (Å²) >= 11 is 1.43. The molecule has 24 heavy (non-hydrogen) atoms. The summed E-state index contributed by atoms with van der Waals surface area (Å²) in [5, 5.41) is 8.20. The maximum Gasteiger partial charge on any atom is 0.235 e. The predicted octanol–water partition coefficient (Wildman–Crippen LogP) is 2.03. The summed E-state index contributed by atoms with van der Waals surface area (Å²) in [5.74, 6) is 0.157. The van der Waals surface area contributed by atoms with E-state index in [0.29, 0.717) is 11.2 Å². The van der Waals surface area contributed by atoms with Crippen molar-refractivity contribution in [1.29, 1.82) is 0 Å². The zero-order valence-corrected chi connectivity index (χ0v) is 15.0. The van der Waals surface area contributed by atoms with E-state index in [2.05, 4.69) is 20.2 Å². The summed E-state index contributed by atoms with van der Waals surface area (Å²) in [6.07, 6.45) is 5.36. The lowest BCUT2D eigenvalue weighted by atomic mass is 10.0. The second kappa shape index (κ2) is 7.29. The second-order valence-corrected chi connectivity index (χ2v) is 7.47. The molecule has 7 nitrogen and oxygen atoms in total. The fourth-order valence-electron chi connectivity index (χ4n) is 2.99. The number of hydrogen-bond acceptors (Lipinski definition) is 6. The summed E-state index contributed by atoms with van der Waals surface area (Å²) in [4.78, 5) is 23.5. The molecule has 0 saturated carbocycles. The van der Waals surface area contributed by atoms with Crippen LogP contribution >= 0.6 is 11.8 Å². The first-order valence-electron chi connectivity index (χ1n) is 8.15. The quantitative estimate of drug-likeness (QED) is 0.623. The van der Waals surface area contributed by atoms with Crippen molar-refractivity contribution >= 4 is 17.7 Å². The number of aryl methyl sites for hydroxylation is 2. The Morgan fingerprint density at radius 1 is 1.17 bits per heavy atom. The van der Waals surface area contributed by atoms with Crippen molar-refractivity contribution in [1.82, 2.24) is 29.6 Å². The molecule has 3 rings (SSSR count). The first-order valence-corrected chi connectivity index (χ1v) is 9.02. The van der Waals surface area contributed by atoms with Gasteiger partial charge >= 0.3 is 0 Å². The Bertz CT molecular complexity index is 676. The average Bonchev–Trinajstić information content (AvgIpc) is 3.07. The summed E-state index contributed by atoms with van der Waals surface area (Å²) < 4.78 is 2.03. The molecule has 1 unspecified atom stereocenters. The number of carbonyl (C=O) groups excluding carboxylic acids is 1. The van der Waals surface area contributed by atoms with Gasteiger partial charge < -0.3 is 9.47 Å². The van der Waals surface area contributed by atoms with Crippen molar-refractivity contribution in [2.24, 2.45) is 0 Å². The van der Waals surface area contributed by atoms with Gasteiger partial charge in [0, 0.05) is 30.5 Å². The van der Waals surface area contributed by atoms with Gasteiger partial charge in [-0.05, 0) is 39.7 Å². The van der Waals surface area contributed by atoms with Gasteiger partial charge in [0.05, 0.1) is 5.25 Å². The first kappa shape index (κ1) is 16.9. The minimum absolute atomic E-state index is 0.157. The van der Waals surface area contributed by atoms with E-state index in [1.807, 2.05) is 36.3 Å². The normalized spacial score (nSPS) is 17.0. The molecule has 128 valence electrons. The lowest BCUT2D eigenvalue weighted by Gasteiger charge is -2.33. The van der Waals surface area contributed by atoms with Gasteiger partial charge in [-0.3, -0.25) is 4.79 Å². The van der Waals surface area contributed by atoms with Crippen molar-refractivity contribution in [2.45, 2.75) is 50.1 Å². The zero-order valence-electron chi connectivity index (χ0n) is 14.2. The fraction of sp³-hybridized carbons (Fsp3) is 0.562. The molecular formula is C16H22N6OS. The predicted molar refractivity (Wildman–Crippen MR) is 91.7 cm³/mol. The van der Waals surface area contributed by atoms with Gasteiger partial charge in [0.2, 0.25) is 5.91 Å². The molecule has 1 atom stereocenters. The minimum atomic E-state index is -0.183. The summed E-state index contributed by atoms with van der Waals surface area (Å²) in [7, 11) is 0. The van der Waals surface area contributed by atoms with Crippen LogP contribution in [0, 0.1) is 13.8 Å². The molecule has 2 aromatic rings. The summed E-state index contributed by atoms with van der Waals surface area (Å²) in [6.45, 7) is 7.35. The Hall–Kier alpha value is -1.96. The van der Waals surface area contributed by atoms with E-state index in [0.717, 1.165) is 37.3 Å². The molecule has 8 heteroatoms. The van der Waals surface area contributed by atoms with Crippen LogP contribution in [0.1, 0.15) is 37.2 Å². The van der Waals surface area contributed by atoms with Gasteiger partial charge in [-0.2, -0.15) is 0 Å². The van der Waals surface area contributed by atoms with Crippen LogP contribution < -0.4 is 0 Å². The largest absolute Gasteiger partial charge is 0.342 e. The highest BCUT2D eigenvalue weighted by atomic mass is 32.2. The first-order chi connectivity index (χ1) is 11.5. The third-order valence-corrected chi connectivity index (χ3v) is 5.17.